The van der Waals surface area contributed by atoms with Crippen molar-refractivity contribution in [2.45, 2.75) is 10.9 Å². The number of hydrogen-bond acceptors (Lipinski definition) is 4. The summed E-state index contributed by atoms with van der Waals surface area (Å²) in [4.78, 5) is 23.3. The quantitative estimate of drug-likeness (QED) is 0.571. The molecule has 1 N–H and O–H groups in total. The van der Waals surface area contributed by atoms with Gasteiger partial charge in [0.1, 0.15) is 5.82 Å². The normalized spacial score (nSPS) is 11.1. The standard InChI is InChI=1S/C18H13FN4OS/c19-13-6-4-5-12(9-13)10-25-18-22-15-16(20-11-21-17(15)24)23(18)14-7-2-1-3-8-14/h1-9,11H,10H2,(H,20,21,24). The third-order valence-corrected chi connectivity index (χ3v) is 4.70. The summed E-state index contributed by atoms with van der Waals surface area (Å²) < 4.78 is 15.2. The highest BCUT2D eigenvalue weighted by atomic mass is 32.2. The Morgan fingerprint density at radius 1 is 1.12 bits per heavy atom. The molecule has 0 amide bonds. The van der Waals surface area contributed by atoms with Gasteiger partial charge in [0, 0.05) is 11.4 Å². The summed E-state index contributed by atoms with van der Waals surface area (Å²) in [5, 5.41) is 0.634. The lowest BCUT2D eigenvalue weighted by Gasteiger charge is -2.08. The molecule has 0 aliphatic heterocycles. The number of rotatable bonds is 4. The molecule has 2 aromatic carbocycles. The van der Waals surface area contributed by atoms with E-state index in [2.05, 4.69) is 15.0 Å². The van der Waals surface area contributed by atoms with Crippen molar-refractivity contribution in [1.82, 2.24) is 19.5 Å². The van der Waals surface area contributed by atoms with Gasteiger partial charge < -0.3 is 4.98 Å². The number of fused-ring (bicyclic) bond motifs is 1. The highest BCUT2D eigenvalue weighted by Crippen LogP contribution is 2.28. The summed E-state index contributed by atoms with van der Waals surface area (Å²) in [6, 6.07) is 16.0. The summed E-state index contributed by atoms with van der Waals surface area (Å²) in [6.07, 6.45) is 1.37. The largest absolute Gasteiger partial charge is 0.311 e. The third kappa shape index (κ3) is 3.06. The number of benzene rings is 2. The number of halogens is 1. The van der Waals surface area contributed by atoms with Crippen LogP contribution in [0.4, 0.5) is 4.39 Å². The van der Waals surface area contributed by atoms with Crippen molar-refractivity contribution < 1.29 is 4.39 Å². The Bertz CT molecular complexity index is 1090. The molecule has 4 rings (SSSR count). The molecule has 7 heteroatoms. The third-order valence-electron chi connectivity index (χ3n) is 3.69. The summed E-state index contributed by atoms with van der Waals surface area (Å²) in [7, 11) is 0. The average Bonchev–Trinajstić information content (AvgIpc) is 3.01. The van der Waals surface area contributed by atoms with Crippen molar-refractivity contribution in [2.75, 3.05) is 0 Å². The maximum atomic E-state index is 13.4. The van der Waals surface area contributed by atoms with E-state index in [-0.39, 0.29) is 16.9 Å². The van der Waals surface area contributed by atoms with Crippen LogP contribution in [0.3, 0.4) is 0 Å². The van der Waals surface area contributed by atoms with Crippen LogP contribution in [0.5, 0.6) is 0 Å². The minimum absolute atomic E-state index is 0.271. The van der Waals surface area contributed by atoms with Crippen molar-refractivity contribution in [3.8, 4) is 5.69 Å². The number of aromatic amines is 1. The first-order valence-electron chi connectivity index (χ1n) is 7.61. The van der Waals surface area contributed by atoms with Gasteiger partial charge in [0.15, 0.2) is 16.3 Å². The van der Waals surface area contributed by atoms with E-state index in [4.69, 9.17) is 0 Å². The van der Waals surface area contributed by atoms with Crippen LogP contribution in [0.15, 0.2) is 70.9 Å². The fourth-order valence-electron chi connectivity index (χ4n) is 2.56. The van der Waals surface area contributed by atoms with Crippen LogP contribution >= 0.6 is 11.8 Å². The molecule has 124 valence electrons. The summed E-state index contributed by atoms with van der Waals surface area (Å²) >= 11 is 1.43. The van der Waals surface area contributed by atoms with Crippen molar-refractivity contribution in [2.24, 2.45) is 0 Å². The molecule has 0 unspecified atom stereocenters. The smallest absolute Gasteiger partial charge is 0.278 e. The van der Waals surface area contributed by atoms with Gasteiger partial charge in [-0.3, -0.25) is 9.36 Å². The molecule has 0 fully saturated rings. The van der Waals surface area contributed by atoms with E-state index in [9.17, 15) is 9.18 Å². The number of thioether (sulfide) groups is 1. The zero-order valence-electron chi connectivity index (χ0n) is 13.0. The lowest BCUT2D eigenvalue weighted by molar-refractivity contribution is 0.626. The molecule has 25 heavy (non-hydrogen) atoms. The first kappa shape index (κ1) is 15.6. The van der Waals surface area contributed by atoms with E-state index in [1.165, 1.54) is 30.2 Å². The van der Waals surface area contributed by atoms with Gasteiger partial charge in [-0.05, 0) is 29.8 Å². The molecule has 0 saturated carbocycles. The first-order valence-corrected chi connectivity index (χ1v) is 8.60. The second kappa shape index (κ2) is 6.52. The number of nitrogens with one attached hydrogen (secondary N) is 1. The molecule has 0 aliphatic rings. The van der Waals surface area contributed by atoms with Crippen LogP contribution in [0.2, 0.25) is 0 Å². The van der Waals surface area contributed by atoms with Gasteiger partial charge in [-0.15, -0.1) is 0 Å². The van der Waals surface area contributed by atoms with E-state index in [0.717, 1.165) is 11.3 Å². The number of imidazole rings is 1. The molecular weight excluding hydrogens is 339 g/mol. The first-order chi connectivity index (χ1) is 12.2. The molecule has 0 bridgehead atoms. The Morgan fingerprint density at radius 2 is 1.96 bits per heavy atom. The van der Waals surface area contributed by atoms with Gasteiger partial charge in [0.05, 0.1) is 6.33 Å². The average molecular weight is 352 g/mol. The van der Waals surface area contributed by atoms with E-state index in [1.807, 2.05) is 41.0 Å². The Balaban J connectivity index is 1.80. The molecule has 0 atom stereocenters. The topological polar surface area (TPSA) is 63.6 Å². The van der Waals surface area contributed by atoms with Crippen molar-refractivity contribution >= 4 is 22.9 Å². The second-order valence-corrected chi connectivity index (χ2v) is 6.33. The highest BCUT2D eigenvalue weighted by Gasteiger charge is 2.16. The highest BCUT2D eigenvalue weighted by molar-refractivity contribution is 7.98. The van der Waals surface area contributed by atoms with Crippen LogP contribution in [0.25, 0.3) is 16.9 Å². The number of aromatic nitrogens is 4. The fourth-order valence-corrected chi connectivity index (χ4v) is 3.52. The van der Waals surface area contributed by atoms with Crippen LogP contribution in [-0.4, -0.2) is 19.5 Å². The minimum atomic E-state index is -0.285. The predicted octanol–water partition coefficient (Wildman–Crippen LogP) is 3.54. The molecule has 5 nitrogen and oxygen atoms in total. The van der Waals surface area contributed by atoms with E-state index >= 15 is 0 Å². The number of para-hydroxylation sites is 1. The minimum Gasteiger partial charge on any atom is -0.311 e. The van der Waals surface area contributed by atoms with Crippen molar-refractivity contribution in [3.63, 3.8) is 0 Å². The Kier molecular flexibility index (Phi) is 4.07. The van der Waals surface area contributed by atoms with Gasteiger partial charge in [-0.1, -0.05) is 42.1 Å². The Hall–Kier alpha value is -2.93. The van der Waals surface area contributed by atoms with Crippen molar-refractivity contribution in [1.29, 1.82) is 0 Å². The molecule has 2 aromatic heterocycles. The molecule has 0 aliphatic carbocycles. The molecule has 4 aromatic rings. The van der Waals surface area contributed by atoms with Crippen molar-refractivity contribution in [3.05, 3.63) is 82.7 Å². The van der Waals surface area contributed by atoms with E-state index in [0.29, 0.717) is 16.6 Å². The molecule has 2 heterocycles. The lowest BCUT2D eigenvalue weighted by atomic mass is 10.2. The number of hydrogen-bond donors (Lipinski definition) is 1. The van der Waals surface area contributed by atoms with Gasteiger partial charge in [0.2, 0.25) is 0 Å². The van der Waals surface area contributed by atoms with Crippen LogP contribution in [-0.2, 0) is 5.75 Å². The predicted molar refractivity (Wildman–Crippen MR) is 95.4 cm³/mol. The Morgan fingerprint density at radius 3 is 2.76 bits per heavy atom. The van der Waals surface area contributed by atoms with E-state index in [1.54, 1.807) is 6.07 Å². The molecule has 0 spiro atoms. The van der Waals surface area contributed by atoms with Gasteiger partial charge >= 0.3 is 0 Å². The molecule has 0 saturated heterocycles. The van der Waals surface area contributed by atoms with E-state index < -0.39 is 0 Å². The zero-order chi connectivity index (χ0) is 17.2. The van der Waals surface area contributed by atoms with Crippen LogP contribution in [0.1, 0.15) is 5.56 Å². The number of nitrogens with zero attached hydrogens (tertiary/aromatic N) is 3. The van der Waals surface area contributed by atoms with Gasteiger partial charge in [0.25, 0.3) is 5.56 Å². The summed E-state index contributed by atoms with van der Waals surface area (Å²) in [6.45, 7) is 0. The van der Waals surface area contributed by atoms with Gasteiger partial charge in [-0.2, -0.15) is 0 Å². The summed E-state index contributed by atoms with van der Waals surface area (Å²) in [5.74, 6) is 0.263. The summed E-state index contributed by atoms with van der Waals surface area (Å²) in [5.41, 5.74) is 2.21. The molecule has 0 radical (unpaired) electrons. The van der Waals surface area contributed by atoms with Gasteiger partial charge in [-0.25, -0.2) is 14.4 Å². The number of H-pyrrole nitrogens is 1. The monoisotopic (exact) mass is 352 g/mol. The Labute approximate surface area is 146 Å². The maximum absolute atomic E-state index is 13.4. The zero-order valence-corrected chi connectivity index (χ0v) is 13.8. The SMILES string of the molecule is O=c1[nH]cnc2c1nc(SCc1cccc(F)c1)n2-c1ccccc1. The molecular formula is C18H13FN4OS. The maximum Gasteiger partial charge on any atom is 0.278 e. The second-order valence-electron chi connectivity index (χ2n) is 5.39. The van der Waals surface area contributed by atoms with Crippen LogP contribution < -0.4 is 5.56 Å². The van der Waals surface area contributed by atoms with Crippen LogP contribution in [0, 0.1) is 5.82 Å². The fraction of sp³-hybridized carbons (Fsp3) is 0.0556. The lowest BCUT2D eigenvalue weighted by Crippen LogP contribution is -2.07.